The molecule has 24 heavy (non-hydrogen) atoms. The summed E-state index contributed by atoms with van der Waals surface area (Å²) in [4.78, 5) is 14.9. The number of benzene rings is 1. The number of carbonyl (C=O) groups excluding carboxylic acids is 1. The first-order valence-corrected chi connectivity index (χ1v) is 8.48. The van der Waals surface area contributed by atoms with Gasteiger partial charge < -0.3 is 9.84 Å². The maximum atomic E-state index is 13.3. The van der Waals surface area contributed by atoms with Crippen molar-refractivity contribution in [2.45, 2.75) is 37.8 Å². The van der Waals surface area contributed by atoms with E-state index in [0.717, 1.165) is 25.9 Å². The zero-order valence-electron chi connectivity index (χ0n) is 13.4. The number of aromatic nitrogens is 1. The predicted octanol–water partition coefficient (Wildman–Crippen LogP) is 2.84. The van der Waals surface area contributed by atoms with Gasteiger partial charge in [0.25, 0.3) is 5.91 Å². The number of rotatable bonds is 3. The van der Waals surface area contributed by atoms with Crippen LogP contribution in [0.3, 0.4) is 0 Å². The number of carbonyl (C=O) groups is 1. The summed E-state index contributed by atoms with van der Waals surface area (Å²) >= 11 is 0. The van der Waals surface area contributed by atoms with Gasteiger partial charge in [-0.2, -0.15) is 0 Å². The maximum absolute atomic E-state index is 13.3. The van der Waals surface area contributed by atoms with Gasteiger partial charge in [0, 0.05) is 30.3 Å². The molecule has 2 aromatic rings. The molecule has 2 aliphatic rings. The van der Waals surface area contributed by atoms with Gasteiger partial charge in [-0.05, 0) is 37.9 Å². The van der Waals surface area contributed by atoms with Gasteiger partial charge in [-0.15, -0.1) is 0 Å². The quantitative estimate of drug-likeness (QED) is 0.941. The Balaban J connectivity index is 1.45. The molecule has 4 rings (SSSR count). The molecule has 1 aromatic heterocycles. The Bertz CT molecular complexity index is 745. The van der Waals surface area contributed by atoms with Crippen LogP contribution in [0.15, 0.2) is 34.9 Å². The van der Waals surface area contributed by atoms with Crippen LogP contribution < -0.4 is 5.32 Å². The van der Waals surface area contributed by atoms with Crippen molar-refractivity contribution < 1.29 is 13.7 Å². The molecule has 0 aliphatic carbocycles. The lowest BCUT2D eigenvalue weighted by Crippen LogP contribution is -2.46. The summed E-state index contributed by atoms with van der Waals surface area (Å²) in [6, 6.07) is 8.25. The minimum atomic E-state index is -0.343. The topological polar surface area (TPSA) is 58.4 Å². The molecule has 2 saturated heterocycles. The Labute approximate surface area is 139 Å². The van der Waals surface area contributed by atoms with Crippen LogP contribution in [0, 0.1) is 5.82 Å². The molecule has 0 bridgehead atoms. The molecule has 0 unspecified atom stereocenters. The second-order valence-electron chi connectivity index (χ2n) is 6.55. The lowest BCUT2D eigenvalue weighted by Gasteiger charge is -2.32. The fourth-order valence-corrected chi connectivity index (χ4v) is 3.82. The van der Waals surface area contributed by atoms with Gasteiger partial charge in [0.1, 0.15) is 11.5 Å². The van der Waals surface area contributed by atoms with Crippen molar-refractivity contribution in [2.24, 2.45) is 0 Å². The van der Waals surface area contributed by atoms with Crippen LogP contribution in [0.25, 0.3) is 11.3 Å². The van der Waals surface area contributed by atoms with E-state index in [2.05, 4.69) is 15.4 Å². The normalized spacial score (nSPS) is 23.9. The van der Waals surface area contributed by atoms with Crippen LogP contribution in [0.5, 0.6) is 0 Å². The third kappa shape index (κ3) is 2.94. The van der Waals surface area contributed by atoms with Crippen molar-refractivity contribution in [3.05, 3.63) is 41.9 Å². The van der Waals surface area contributed by atoms with Gasteiger partial charge in [0.15, 0.2) is 0 Å². The molecule has 0 saturated carbocycles. The average molecular weight is 329 g/mol. The molecule has 2 aliphatic heterocycles. The highest BCUT2D eigenvalue weighted by Gasteiger charge is 2.36. The summed E-state index contributed by atoms with van der Waals surface area (Å²) in [5, 5.41) is 6.97. The number of piperidine rings is 1. The minimum absolute atomic E-state index is 0.167. The average Bonchev–Trinajstić information content (AvgIpc) is 3.23. The second kappa shape index (κ2) is 6.36. The van der Waals surface area contributed by atoms with Gasteiger partial charge in [-0.25, -0.2) is 4.39 Å². The number of hydrogen-bond donors (Lipinski definition) is 1. The number of halogens is 1. The van der Waals surface area contributed by atoms with Crippen LogP contribution in [-0.2, 0) is 0 Å². The standard InChI is InChI=1S/C18H20FN3O2/c19-13-5-3-4-12(10-13)15-11-17(24-21-15)18(23)20-14-7-9-22-8-2-1-6-16(14)22/h3-5,10-11,14,16H,1-2,6-9H2,(H,20,23)/t14-,16+/m1/s1. The largest absolute Gasteiger partial charge is 0.350 e. The van der Waals surface area contributed by atoms with Crippen molar-refractivity contribution in [3.63, 3.8) is 0 Å². The Morgan fingerprint density at radius 3 is 3.04 bits per heavy atom. The van der Waals surface area contributed by atoms with E-state index in [1.165, 1.54) is 25.0 Å². The van der Waals surface area contributed by atoms with Crippen LogP contribution in [0.2, 0.25) is 0 Å². The first-order chi connectivity index (χ1) is 11.7. The number of nitrogens with zero attached hydrogens (tertiary/aromatic N) is 2. The molecule has 126 valence electrons. The molecular formula is C18H20FN3O2. The van der Waals surface area contributed by atoms with E-state index in [-0.39, 0.29) is 23.5 Å². The van der Waals surface area contributed by atoms with Gasteiger partial charge >= 0.3 is 0 Å². The van der Waals surface area contributed by atoms with Crippen molar-refractivity contribution in [3.8, 4) is 11.3 Å². The fourth-order valence-electron chi connectivity index (χ4n) is 3.82. The van der Waals surface area contributed by atoms with E-state index < -0.39 is 0 Å². The SMILES string of the molecule is O=C(N[C@@H]1CCN2CCCC[C@@H]12)c1cc(-c2cccc(F)c2)no1. The summed E-state index contributed by atoms with van der Waals surface area (Å²) < 4.78 is 18.5. The molecule has 0 radical (unpaired) electrons. The third-order valence-corrected chi connectivity index (χ3v) is 5.03. The highest BCUT2D eigenvalue weighted by molar-refractivity contribution is 5.92. The predicted molar refractivity (Wildman–Crippen MR) is 87.0 cm³/mol. The van der Waals surface area contributed by atoms with Crippen LogP contribution in [-0.4, -0.2) is 41.1 Å². The van der Waals surface area contributed by atoms with E-state index in [0.29, 0.717) is 17.3 Å². The lowest BCUT2D eigenvalue weighted by molar-refractivity contribution is 0.0878. The summed E-state index contributed by atoms with van der Waals surface area (Å²) in [7, 11) is 0. The maximum Gasteiger partial charge on any atom is 0.290 e. The molecule has 0 spiro atoms. The highest BCUT2D eigenvalue weighted by atomic mass is 19.1. The second-order valence-corrected chi connectivity index (χ2v) is 6.55. The summed E-state index contributed by atoms with van der Waals surface area (Å²) in [6.07, 6.45) is 4.58. The summed E-state index contributed by atoms with van der Waals surface area (Å²) in [6.45, 7) is 2.17. The number of amides is 1. The van der Waals surface area contributed by atoms with Gasteiger partial charge in [0.2, 0.25) is 5.76 Å². The molecule has 2 fully saturated rings. The highest BCUT2D eigenvalue weighted by Crippen LogP contribution is 2.27. The first kappa shape index (κ1) is 15.3. The lowest BCUT2D eigenvalue weighted by atomic mass is 9.99. The number of nitrogens with one attached hydrogen (secondary N) is 1. The Morgan fingerprint density at radius 1 is 1.25 bits per heavy atom. The van der Waals surface area contributed by atoms with Crippen molar-refractivity contribution >= 4 is 5.91 Å². The molecule has 3 heterocycles. The molecular weight excluding hydrogens is 309 g/mol. The van der Waals surface area contributed by atoms with Crippen molar-refractivity contribution in [1.82, 2.24) is 15.4 Å². The van der Waals surface area contributed by atoms with Gasteiger partial charge in [-0.1, -0.05) is 23.7 Å². The van der Waals surface area contributed by atoms with Crippen LogP contribution in [0.1, 0.15) is 36.2 Å². The Kier molecular flexibility index (Phi) is 4.06. The minimum Gasteiger partial charge on any atom is -0.350 e. The molecule has 6 heteroatoms. The number of fused-ring (bicyclic) bond motifs is 1. The first-order valence-electron chi connectivity index (χ1n) is 8.48. The van der Waals surface area contributed by atoms with E-state index in [1.807, 2.05) is 0 Å². The zero-order valence-corrected chi connectivity index (χ0v) is 13.4. The third-order valence-electron chi connectivity index (χ3n) is 5.03. The van der Waals surface area contributed by atoms with E-state index >= 15 is 0 Å². The zero-order chi connectivity index (χ0) is 16.5. The smallest absolute Gasteiger partial charge is 0.290 e. The van der Waals surface area contributed by atoms with E-state index in [1.54, 1.807) is 18.2 Å². The Morgan fingerprint density at radius 2 is 2.17 bits per heavy atom. The molecule has 5 nitrogen and oxygen atoms in total. The van der Waals surface area contributed by atoms with Crippen LogP contribution >= 0.6 is 0 Å². The van der Waals surface area contributed by atoms with E-state index in [9.17, 15) is 9.18 Å². The summed E-state index contributed by atoms with van der Waals surface area (Å²) in [5.41, 5.74) is 1.06. The Hall–Kier alpha value is -2.21. The van der Waals surface area contributed by atoms with Crippen molar-refractivity contribution in [1.29, 1.82) is 0 Å². The fraction of sp³-hybridized carbons (Fsp3) is 0.444. The van der Waals surface area contributed by atoms with Gasteiger partial charge in [0.05, 0.1) is 0 Å². The molecule has 2 atom stereocenters. The monoisotopic (exact) mass is 329 g/mol. The number of hydrogen-bond acceptors (Lipinski definition) is 4. The summed E-state index contributed by atoms with van der Waals surface area (Å²) in [5.74, 6) is -0.420. The molecule has 1 aromatic carbocycles. The van der Waals surface area contributed by atoms with Gasteiger partial charge in [-0.3, -0.25) is 9.69 Å². The van der Waals surface area contributed by atoms with Crippen molar-refractivity contribution in [2.75, 3.05) is 13.1 Å². The van der Waals surface area contributed by atoms with Crippen LogP contribution in [0.4, 0.5) is 4.39 Å². The molecule has 1 amide bonds. The van der Waals surface area contributed by atoms with E-state index in [4.69, 9.17) is 4.52 Å². The molecule has 1 N–H and O–H groups in total.